The van der Waals surface area contributed by atoms with E-state index in [1.54, 1.807) is 6.07 Å². The molecular formula is C15H17N3O. The highest BCUT2D eigenvalue weighted by atomic mass is 16.1. The van der Waals surface area contributed by atoms with Crippen molar-refractivity contribution in [3.05, 3.63) is 53.6 Å². The zero-order valence-corrected chi connectivity index (χ0v) is 10.8. The fourth-order valence-electron chi connectivity index (χ4n) is 2.02. The lowest BCUT2D eigenvalue weighted by Gasteiger charge is -2.13. The minimum absolute atomic E-state index is 0.133. The number of anilines is 3. The average molecular weight is 255 g/mol. The standard InChI is InChI=1S/C15H17N3O/c1-10(19)18-15-12(5-3-7-14(15)17)8-11-4-2-6-13(16)9-11/h2-7,9H,8,16-17H2,1H3,(H,18,19). The first-order chi connectivity index (χ1) is 9.06. The Kier molecular flexibility index (Phi) is 3.71. The molecule has 2 rings (SSSR count). The van der Waals surface area contributed by atoms with Gasteiger partial charge in [0, 0.05) is 12.6 Å². The highest BCUT2D eigenvalue weighted by Gasteiger charge is 2.08. The third kappa shape index (κ3) is 3.25. The van der Waals surface area contributed by atoms with E-state index in [9.17, 15) is 4.79 Å². The van der Waals surface area contributed by atoms with Crippen LogP contribution in [-0.2, 0) is 11.2 Å². The van der Waals surface area contributed by atoms with E-state index in [-0.39, 0.29) is 5.91 Å². The van der Waals surface area contributed by atoms with Crippen molar-refractivity contribution >= 4 is 23.0 Å². The number of carbonyl (C=O) groups is 1. The van der Waals surface area contributed by atoms with Gasteiger partial charge in [-0.05, 0) is 35.7 Å². The summed E-state index contributed by atoms with van der Waals surface area (Å²) in [6, 6.07) is 13.3. The molecule has 19 heavy (non-hydrogen) atoms. The Morgan fingerprint density at radius 3 is 2.58 bits per heavy atom. The summed E-state index contributed by atoms with van der Waals surface area (Å²) in [5, 5.41) is 2.78. The van der Waals surface area contributed by atoms with Gasteiger partial charge >= 0.3 is 0 Å². The molecule has 0 atom stereocenters. The molecule has 0 aromatic heterocycles. The predicted octanol–water partition coefficient (Wildman–Crippen LogP) is 2.40. The number of nitrogens with two attached hydrogens (primary N) is 2. The van der Waals surface area contributed by atoms with Gasteiger partial charge in [0.15, 0.2) is 0 Å². The highest BCUT2D eigenvalue weighted by Crippen LogP contribution is 2.26. The number of carbonyl (C=O) groups excluding carboxylic acids is 1. The monoisotopic (exact) mass is 255 g/mol. The van der Waals surface area contributed by atoms with Crippen molar-refractivity contribution in [2.24, 2.45) is 0 Å². The van der Waals surface area contributed by atoms with E-state index < -0.39 is 0 Å². The maximum Gasteiger partial charge on any atom is 0.221 e. The Morgan fingerprint density at radius 2 is 1.89 bits per heavy atom. The maximum atomic E-state index is 11.2. The lowest BCUT2D eigenvalue weighted by molar-refractivity contribution is -0.114. The molecule has 0 aliphatic carbocycles. The normalized spacial score (nSPS) is 10.2. The molecule has 0 aliphatic rings. The second-order valence-electron chi connectivity index (χ2n) is 4.48. The molecule has 2 aromatic rings. The number of amides is 1. The van der Waals surface area contributed by atoms with Crippen LogP contribution in [0.25, 0.3) is 0 Å². The SMILES string of the molecule is CC(=O)Nc1c(N)cccc1Cc1cccc(N)c1. The molecule has 98 valence electrons. The summed E-state index contributed by atoms with van der Waals surface area (Å²) >= 11 is 0. The molecule has 0 aliphatic heterocycles. The van der Waals surface area contributed by atoms with Gasteiger partial charge in [0.2, 0.25) is 5.91 Å². The van der Waals surface area contributed by atoms with E-state index in [0.717, 1.165) is 16.8 Å². The number of para-hydroxylation sites is 1. The van der Waals surface area contributed by atoms with Gasteiger partial charge in [-0.1, -0.05) is 24.3 Å². The molecule has 4 nitrogen and oxygen atoms in total. The first kappa shape index (κ1) is 13.0. The van der Waals surface area contributed by atoms with Crippen molar-refractivity contribution in [2.75, 3.05) is 16.8 Å². The Bertz CT molecular complexity index is 608. The summed E-state index contributed by atoms with van der Waals surface area (Å²) in [5.41, 5.74) is 15.7. The Hall–Kier alpha value is -2.49. The van der Waals surface area contributed by atoms with Crippen LogP contribution in [0.2, 0.25) is 0 Å². The van der Waals surface area contributed by atoms with Gasteiger partial charge in [-0.15, -0.1) is 0 Å². The summed E-state index contributed by atoms with van der Waals surface area (Å²) < 4.78 is 0. The van der Waals surface area contributed by atoms with Crippen LogP contribution in [0.4, 0.5) is 17.1 Å². The molecular weight excluding hydrogens is 238 g/mol. The Morgan fingerprint density at radius 1 is 1.16 bits per heavy atom. The fraction of sp³-hybridized carbons (Fsp3) is 0.133. The van der Waals surface area contributed by atoms with E-state index >= 15 is 0 Å². The maximum absolute atomic E-state index is 11.2. The van der Waals surface area contributed by atoms with Crippen LogP contribution in [0.1, 0.15) is 18.1 Å². The molecule has 0 fully saturated rings. The van der Waals surface area contributed by atoms with Crippen molar-refractivity contribution in [2.45, 2.75) is 13.3 Å². The third-order valence-electron chi connectivity index (χ3n) is 2.83. The van der Waals surface area contributed by atoms with Gasteiger partial charge in [0.1, 0.15) is 0 Å². The number of benzene rings is 2. The molecule has 5 N–H and O–H groups in total. The van der Waals surface area contributed by atoms with Gasteiger partial charge in [0.05, 0.1) is 11.4 Å². The quantitative estimate of drug-likeness (QED) is 0.737. The van der Waals surface area contributed by atoms with E-state index in [2.05, 4.69) is 5.32 Å². The molecule has 0 radical (unpaired) electrons. The lowest BCUT2D eigenvalue weighted by atomic mass is 10.0. The first-order valence-corrected chi connectivity index (χ1v) is 6.05. The minimum atomic E-state index is -0.133. The second kappa shape index (κ2) is 5.44. The van der Waals surface area contributed by atoms with Crippen LogP contribution in [0, 0.1) is 0 Å². The molecule has 1 amide bonds. The van der Waals surface area contributed by atoms with Crippen molar-refractivity contribution in [3.63, 3.8) is 0 Å². The highest BCUT2D eigenvalue weighted by molar-refractivity contribution is 5.93. The van der Waals surface area contributed by atoms with Crippen molar-refractivity contribution in [1.82, 2.24) is 0 Å². The smallest absolute Gasteiger partial charge is 0.221 e. The Balaban J connectivity index is 2.34. The van der Waals surface area contributed by atoms with Crippen molar-refractivity contribution in [3.8, 4) is 0 Å². The van der Waals surface area contributed by atoms with Gasteiger partial charge in [-0.25, -0.2) is 0 Å². The first-order valence-electron chi connectivity index (χ1n) is 6.05. The molecule has 0 saturated carbocycles. The molecule has 2 aromatic carbocycles. The summed E-state index contributed by atoms with van der Waals surface area (Å²) in [7, 11) is 0. The molecule has 0 bridgehead atoms. The van der Waals surface area contributed by atoms with Crippen LogP contribution < -0.4 is 16.8 Å². The number of nitrogens with one attached hydrogen (secondary N) is 1. The van der Waals surface area contributed by atoms with Crippen LogP contribution in [-0.4, -0.2) is 5.91 Å². The molecule has 0 unspecified atom stereocenters. The summed E-state index contributed by atoms with van der Waals surface area (Å²) in [6.07, 6.45) is 0.672. The van der Waals surface area contributed by atoms with Crippen molar-refractivity contribution < 1.29 is 4.79 Å². The topological polar surface area (TPSA) is 81.1 Å². The van der Waals surface area contributed by atoms with E-state index in [0.29, 0.717) is 17.8 Å². The molecule has 0 heterocycles. The molecule has 0 saturated heterocycles. The third-order valence-corrected chi connectivity index (χ3v) is 2.83. The second-order valence-corrected chi connectivity index (χ2v) is 4.48. The molecule has 4 heteroatoms. The van der Waals surface area contributed by atoms with Gasteiger partial charge < -0.3 is 16.8 Å². The summed E-state index contributed by atoms with van der Waals surface area (Å²) in [4.78, 5) is 11.2. The fourth-order valence-corrected chi connectivity index (χ4v) is 2.02. The van der Waals surface area contributed by atoms with E-state index in [1.807, 2.05) is 36.4 Å². The minimum Gasteiger partial charge on any atom is -0.399 e. The van der Waals surface area contributed by atoms with Crippen LogP contribution in [0.3, 0.4) is 0 Å². The number of nitrogen functional groups attached to an aromatic ring is 2. The largest absolute Gasteiger partial charge is 0.399 e. The van der Waals surface area contributed by atoms with E-state index in [4.69, 9.17) is 11.5 Å². The number of hydrogen-bond acceptors (Lipinski definition) is 3. The zero-order chi connectivity index (χ0) is 13.8. The Labute approximate surface area is 112 Å². The average Bonchev–Trinajstić information content (AvgIpc) is 2.33. The number of hydrogen-bond donors (Lipinski definition) is 3. The predicted molar refractivity (Wildman–Crippen MR) is 78.8 cm³/mol. The van der Waals surface area contributed by atoms with E-state index in [1.165, 1.54) is 6.92 Å². The summed E-state index contributed by atoms with van der Waals surface area (Å²) in [5.74, 6) is -0.133. The number of rotatable bonds is 3. The van der Waals surface area contributed by atoms with Gasteiger partial charge in [-0.3, -0.25) is 4.79 Å². The van der Waals surface area contributed by atoms with Crippen LogP contribution in [0.15, 0.2) is 42.5 Å². The lowest BCUT2D eigenvalue weighted by Crippen LogP contribution is -2.10. The van der Waals surface area contributed by atoms with Crippen LogP contribution in [0.5, 0.6) is 0 Å². The summed E-state index contributed by atoms with van der Waals surface area (Å²) in [6.45, 7) is 1.47. The zero-order valence-electron chi connectivity index (χ0n) is 10.8. The van der Waals surface area contributed by atoms with Gasteiger partial charge in [0.25, 0.3) is 0 Å². The molecule has 0 spiro atoms. The van der Waals surface area contributed by atoms with Gasteiger partial charge in [-0.2, -0.15) is 0 Å². The van der Waals surface area contributed by atoms with Crippen LogP contribution >= 0.6 is 0 Å². The van der Waals surface area contributed by atoms with Crippen molar-refractivity contribution in [1.29, 1.82) is 0 Å².